The third kappa shape index (κ3) is 4.18. The Morgan fingerprint density at radius 2 is 1.93 bits per heavy atom. The molecule has 0 radical (unpaired) electrons. The molecular formula is C21H21ClN4O2. The van der Waals surface area contributed by atoms with E-state index in [1.54, 1.807) is 0 Å². The van der Waals surface area contributed by atoms with Crippen LogP contribution in [0.15, 0.2) is 36.4 Å². The molecular weight excluding hydrogens is 376 g/mol. The molecule has 4 rings (SSSR count). The minimum absolute atomic E-state index is 0.262. The van der Waals surface area contributed by atoms with E-state index in [9.17, 15) is 0 Å². The Labute approximate surface area is 168 Å². The Morgan fingerprint density at radius 3 is 2.82 bits per heavy atom. The fraction of sp³-hybridized carbons (Fsp3) is 0.238. The lowest BCUT2D eigenvalue weighted by Crippen LogP contribution is -2.08. The summed E-state index contributed by atoms with van der Waals surface area (Å²) in [4.78, 5) is 9.31. The summed E-state index contributed by atoms with van der Waals surface area (Å²) in [5.41, 5.74) is 7.40. The molecule has 0 saturated carbocycles. The van der Waals surface area contributed by atoms with Crippen molar-refractivity contribution in [3.05, 3.63) is 52.8 Å². The predicted molar refractivity (Wildman–Crippen MR) is 113 cm³/mol. The zero-order valence-electron chi connectivity index (χ0n) is 15.3. The molecule has 1 aliphatic heterocycles. The van der Waals surface area contributed by atoms with Crippen LogP contribution in [-0.2, 0) is 0 Å². The highest BCUT2D eigenvalue weighted by Crippen LogP contribution is 2.33. The van der Waals surface area contributed by atoms with Crippen molar-refractivity contribution >= 4 is 40.5 Å². The third-order valence-electron chi connectivity index (χ3n) is 4.42. The molecule has 2 aromatic carbocycles. The van der Waals surface area contributed by atoms with Crippen LogP contribution in [0.1, 0.15) is 24.2 Å². The van der Waals surface area contributed by atoms with Crippen molar-refractivity contribution in [3.63, 3.8) is 0 Å². The van der Waals surface area contributed by atoms with E-state index in [0.29, 0.717) is 17.4 Å². The second-order valence-corrected chi connectivity index (χ2v) is 6.90. The number of aromatic nitrogens is 2. The van der Waals surface area contributed by atoms with Crippen LogP contribution in [-0.4, -0.2) is 29.9 Å². The number of hydrogen-bond acceptors (Lipinski definition) is 6. The average Bonchev–Trinajstić information content (AvgIpc) is 3.17. The standard InChI is InChI=1S/C21H21ClN4O2/c22-15-5-6-17-16(12-15)21(24-10-2-1-9-23)26-20(25-17)8-4-14-3-7-18-19(11-14)28-13-27-18/h3-8,11-12H,1-2,9-10,13,23H2,(H,24,25,26)/b8-4+. The Bertz CT molecular complexity index is 1020. The van der Waals surface area contributed by atoms with E-state index in [1.807, 2.05) is 48.6 Å². The largest absolute Gasteiger partial charge is 0.454 e. The second kappa shape index (κ2) is 8.46. The number of benzene rings is 2. The highest BCUT2D eigenvalue weighted by Gasteiger charge is 2.12. The summed E-state index contributed by atoms with van der Waals surface area (Å²) in [7, 11) is 0. The van der Waals surface area contributed by atoms with Crippen LogP contribution in [0.4, 0.5) is 5.82 Å². The second-order valence-electron chi connectivity index (χ2n) is 6.46. The number of anilines is 1. The first-order valence-corrected chi connectivity index (χ1v) is 9.60. The van der Waals surface area contributed by atoms with Crippen LogP contribution in [0.2, 0.25) is 5.02 Å². The summed E-state index contributed by atoms with van der Waals surface area (Å²) in [6, 6.07) is 11.4. The number of hydrogen-bond donors (Lipinski definition) is 2. The SMILES string of the molecule is NCCCCNc1nc(/C=C/c2ccc3c(c2)OCO3)nc2ccc(Cl)cc12. The fourth-order valence-electron chi connectivity index (χ4n) is 2.99. The smallest absolute Gasteiger partial charge is 0.231 e. The molecule has 0 spiro atoms. The molecule has 3 aromatic rings. The summed E-state index contributed by atoms with van der Waals surface area (Å²) in [6.45, 7) is 1.74. The van der Waals surface area contributed by atoms with Crippen LogP contribution in [0, 0.1) is 0 Å². The summed E-state index contributed by atoms with van der Waals surface area (Å²) in [5.74, 6) is 2.90. The van der Waals surface area contributed by atoms with Gasteiger partial charge in [-0.3, -0.25) is 0 Å². The van der Waals surface area contributed by atoms with E-state index < -0.39 is 0 Å². The predicted octanol–water partition coefficient (Wildman–Crippen LogP) is 4.33. The van der Waals surface area contributed by atoms with Crippen LogP contribution < -0.4 is 20.5 Å². The number of nitrogens with one attached hydrogen (secondary N) is 1. The lowest BCUT2D eigenvalue weighted by Gasteiger charge is -2.10. The van der Waals surface area contributed by atoms with Crippen molar-refractivity contribution in [2.45, 2.75) is 12.8 Å². The molecule has 1 aliphatic rings. The molecule has 0 amide bonds. The van der Waals surface area contributed by atoms with Crippen LogP contribution in [0.3, 0.4) is 0 Å². The quantitative estimate of drug-likeness (QED) is 0.578. The maximum absolute atomic E-state index is 6.17. The number of halogens is 1. The molecule has 0 saturated heterocycles. The maximum Gasteiger partial charge on any atom is 0.231 e. The minimum Gasteiger partial charge on any atom is -0.454 e. The summed E-state index contributed by atoms with van der Waals surface area (Å²) >= 11 is 6.17. The number of nitrogens with two attached hydrogens (primary N) is 1. The monoisotopic (exact) mass is 396 g/mol. The highest BCUT2D eigenvalue weighted by atomic mass is 35.5. The van der Waals surface area contributed by atoms with Crippen molar-refractivity contribution in [1.29, 1.82) is 0 Å². The minimum atomic E-state index is 0.262. The van der Waals surface area contributed by atoms with Crippen molar-refractivity contribution < 1.29 is 9.47 Å². The molecule has 0 aliphatic carbocycles. The van der Waals surface area contributed by atoms with E-state index in [-0.39, 0.29) is 6.79 Å². The van der Waals surface area contributed by atoms with Crippen molar-refractivity contribution in [1.82, 2.24) is 9.97 Å². The topological polar surface area (TPSA) is 82.3 Å². The molecule has 28 heavy (non-hydrogen) atoms. The first kappa shape index (κ1) is 18.5. The van der Waals surface area contributed by atoms with Crippen LogP contribution in [0.25, 0.3) is 23.1 Å². The number of unbranched alkanes of at least 4 members (excludes halogenated alkanes) is 1. The van der Waals surface area contributed by atoms with Gasteiger partial charge in [0.15, 0.2) is 17.3 Å². The van der Waals surface area contributed by atoms with E-state index in [4.69, 9.17) is 26.8 Å². The third-order valence-corrected chi connectivity index (χ3v) is 4.65. The molecule has 2 heterocycles. The molecule has 0 unspecified atom stereocenters. The summed E-state index contributed by atoms with van der Waals surface area (Å²) < 4.78 is 10.8. The van der Waals surface area contributed by atoms with Gasteiger partial charge in [0.05, 0.1) is 5.52 Å². The summed E-state index contributed by atoms with van der Waals surface area (Å²) in [5, 5.41) is 4.95. The van der Waals surface area contributed by atoms with Gasteiger partial charge < -0.3 is 20.5 Å². The highest BCUT2D eigenvalue weighted by molar-refractivity contribution is 6.31. The van der Waals surface area contributed by atoms with E-state index >= 15 is 0 Å². The molecule has 6 nitrogen and oxygen atoms in total. The molecule has 0 fully saturated rings. The Balaban J connectivity index is 1.62. The fourth-order valence-corrected chi connectivity index (χ4v) is 3.16. The van der Waals surface area contributed by atoms with Gasteiger partial charge in [0, 0.05) is 17.0 Å². The summed E-state index contributed by atoms with van der Waals surface area (Å²) in [6.07, 6.45) is 5.78. The van der Waals surface area contributed by atoms with E-state index in [0.717, 1.165) is 53.2 Å². The first-order chi connectivity index (χ1) is 13.7. The van der Waals surface area contributed by atoms with Crippen molar-refractivity contribution in [3.8, 4) is 11.5 Å². The maximum atomic E-state index is 6.17. The number of nitrogens with zero attached hydrogens (tertiary/aromatic N) is 2. The van der Waals surface area contributed by atoms with Gasteiger partial charge in [-0.2, -0.15) is 0 Å². The average molecular weight is 397 g/mol. The van der Waals surface area contributed by atoms with Crippen LogP contribution in [0.5, 0.6) is 11.5 Å². The Kier molecular flexibility index (Phi) is 5.60. The number of fused-ring (bicyclic) bond motifs is 2. The van der Waals surface area contributed by atoms with Gasteiger partial charge >= 0.3 is 0 Å². The Hall–Kier alpha value is -2.83. The molecule has 0 bridgehead atoms. The van der Waals surface area contributed by atoms with E-state index in [2.05, 4.69) is 15.3 Å². The lowest BCUT2D eigenvalue weighted by atomic mass is 10.2. The number of ether oxygens (including phenoxy) is 2. The normalized spacial score (nSPS) is 12.8. The zero-order chi connectivity index (χ0) is 19.3. The van der Waals surface area contributed by atoms with Crippen molar-refractivity contribution in [2.75, 3.05) is 25.2 Å². The molecule has 1 aromatic heterocycles. The zero-order valence-corrected chi connectivity index (χ0v) is 16.1. The van der Waals surface area contributed by atoms with Gasteiger partial charge in [-0.1, -0.05) is 23.7 Å². The van der Waals surface area contributed by atoms with Gasteiger partial charge in [-0.05, 0) is 61.4 Å². The lowest BCUT2D eigenvalue weighted by molar-refractivity contribution is 0.174. The molecule has 144 valence electrons. The molecule has 0 atom stereocenters. The molecule has 3 N–H and O–H groups in total. The van der Waals surface area contributed by atoms with Gasteiger partial charge in [-0.25, -0.2) is 9.97 Å². The van der Waals surface area contributed by atoms with Gasteiger partial charge in [0.25, 0.3) is 0 Å². The van der Waals surface area contributed by atoms with Crippen molar-refractivity contribution in [2.24, 2.45) is 5.73 Å². The Morgan fingerprint density at radius 1 is 1.04 bits per heavy atom. The first-order valence-electron chi connectivity index (χ1n) is 9.22. The number of rotatable bonds is 7. The molecule has 7 heteroatoms. The van der Waals surface area contributed by atoms with Crippen LogP contribution >= 0.6 is 11.6 Å². The van der Waals surface area contributed by atoms with Gasteiger partial charge in [-0.15, -0.1) is 0 Å². The van der Waals surface area contributed by atoms with Gasteiger partial charge in [0.1, 0.15) is 5.82 Å². The van der Waals surface area contributed by atoms with Gasteiger partial charge in [0.2, 0.25) is 6.79 Å². The van der Waals surface area contributed by atoms with E-state index in [1.165, 1.54) is 0 Å².